The topological polar surface area (TPSA) is 86.3 Å². The van der Waals surface area contributed by atoms with Crippen LogP contribution >= 0.6 is 0 Å². The van der Waals surface area contributed by atoms with Crippen LogP contribution in [0.1, 0.15) is 22.3 Å². The van der Waals surface area contributed by atoms with Gasteiger partial charge in [-0.3, -0.25) is 0 Å². The van der Waals surface area contributed by atoms with E-state index in [1.165, 1.54) is 21.3 Å². The summed E-state index contributed by atoms with van der Waals surface area (Å²) in [5.74, 6) is 1.07. The number of aromatic hydroxyl groups is 1. The van der Waals surface area contributed by atoms with Gasteiger partial charge in [0.1, 0.15) is 5.75 Å². The minimum atomic E-state index is -0.441. The van der Waals surface area contributed by atoms with Gasteiger partial charge in [-0.05, 0) is 55.8 Å². The Morgan fingerprint density at radius 3 is 2.18 bits per heavy atom. The molecular weight excluding hydrogens is 362 g/mol. The number of rotatable bonds is 11. The highest BCUT2D eigenvalue weighted by molar-refractivity contribution is 5.91. The van der Waals surface area contributed by atoms with E-state index in [1.807, 2.05) is 12.1 Å². The van der Waals surface area contributed by atoms with Crippen molar-refractivity contribution in [1.29, 1.82) is 0 Å². The van der Waals surface area contributed by atoms with Crippen molar-refractivity contribution in [3.63, 3.8) is 0 Å². The molecule has 2 rings (SSSR count). The molecule has 0 saturated carbocycles. The zero-order valence-corrected chi connectivity index (χ0v) is 16.5. The quantitative estimate of drug-likeness (QED) is 0.451. The van der Waals surface area contributed by atoms with Gasteiger partial charge in [0, 0.05) is 0 Å². The fourth-order valence-corrected chi connectivity index (χ4v) is 2.66. The predicted octanol–water partition coefficient (Wildman–Crippen LogP) is 2.80. The molecule has 2 N–H and O–H groups in total. The number of carbonyl (C=O) groups is 1. The summed E-state index contributed by atoms with van der Waals surface area (Å²) in [6, 6.07) is 10.3. The molecule has 2 aromatic rings. The lowest BCUT2D eigenvalue weighted by atomic mass is 10.1. The molecule has 0 saturated heterocycles. The summed E-state index contributed by atoms with van der Waals surface area (Å²) in [6.45, 7) is 1.86. The van der Waals surface area contributed by atoms with Crippen LogP contribution in [0.25, 0.3) is 0 Å². The van der Waals surface area contributed by atoms with Crippen LogP contribution in [-0.4, -0.2) is 52.1 Å². The Hall–Kier alpha value is -2.93. The van der Waals surface area contributed by atoms with E-state index in [-0.39, 0.29) is 5.75 Å². The van der Waals surface area contributed by atoms with Gasteiger partial charge in [0.15, 0.2) is 11.5 Å². The molecule has 0 heterocycles. The van der Waals surface area contributed by atoms with Crippen LogP contribution in [0.15, 0.2) is 36.4 Å². The lowest BCUT2D eigenvalue weighted by Gasteiger charge is -2.13. The Balaban J connectivity index is 1.73. The number of phenols is 1. The van der Waals surface area contributed by atoms with E-state index < -0.39 is 5.97 Å². The molecule has 0 aromatic heterocycles. The predicted molar refractivity (Wildman–Crippen MR) is 106 cm³/mol. The molecule has 0 aliphatic carbocycles. The molecule has 0 atom stereocenters. The minimum absolute atomic E-state index is 0.269. The van der Waals surface area contributed by atoms with Crippen LogP contribution in [0.3, 0.4) is 0 Å². The van der Waals surface area contributed by atoms with Crippen LogP contribution in [0.4, 0.5) is 0 Å². The number of phenolic OH excluding ortho intramolecular Hbond substituents is 1. The highest BCUT2D eigenvalue weighted by Crippen LogP contribution is 2.38. The zero-order valence-electron chi connectivity index (χ0n) is 16.5. The first kappa shape index (κ1) is 21.4. The molecule has 0 spiro atoms. The number of ether oxygens (including phenoxy) is 4. The molecule has 0 aliphatic heterocycles. The number of carbonyl (C=O) groups excluding carboxylic acids is 1. The Labute approximate surface area is 165 Å². The maximum Gasteiger partial charge on any atom is 0.338 e. The highest BCUT2D eigenvalue weighted by Gasteiger charge is 2.17. The fourth-order valence-electron chi connectivity index (χ4n) is 2.66. The summed E-state index contributed by atoms with van der Waals surface area (Å²) < 4.78 is 21.1. The second-order valence-corrected chi connectivity index (χ2v) is 6.07. The lowest BCUT2D eigenvalue weighted by Crippen LogP contribution is -2.20. The van der Waals surface area contributed by atoms with Gasteiger partial charge in [-0.25, -0.2) is 4.79 Å². The zero-order chi connectivity index (χ0) is 20.4. The average molecular weight is 389 g/mol. The van der Waals surface area contributed by atoms with Crippen LogP contribution < -0.4 is 19.5 Å². The summed E-state index contributed by atoms with van der Waals surface area (Å²) in [5, 5.41) is 12.6. The van der Waals surface area contributed by atoms with E-state index in [9.17, 15) is 9.90 Å². The van der Waals surface area contributed by atoms with Gasteiger partial charge in [-0.2, -0.15) is 0 Å². The maximum absolute atomic E-state index is 12.3. The number of hydrogen-bond acceptors (Lipinski definition) is 7. The van der Waals surface area contributed by atoms with E-state index in [0.29, 0.717) is 35.8 Å². The van der Waals surface area contributed by atoms with Crippen molar-refractivity contribution in [3.8, 4) is 23.0 Å². The monoisotopic (exact) mass is 389 g/mol. The van der Waals surface area contributed by atoms with Gasteiger partial charge in [0.25, 0.3) is 0 Å². The Kier molecular flexibility index (Phi) is 8.42. The van der Waals surface area contributed by atoms with Crippen LogP contribution in [0, 0.1) is 0 Å². The third kappa shape index (κ3) is 6.06. The van der Waals surface area contributed by atoms with E-state index in [4.69, 9.17) is 18.9 Å². The highest BCUT2D eigenvalue weighted by atomic mass is 16.5. The Morgan fingerprint density at radius 1 is 0.964 bits per heavy atom. The Morgan fingerprint density at radius 2 is 1.61 bits per heavy atom. The standard InChI is InChI=1S/C21H27NO6/c1-25-18-13-16(14-19(26-2)20(18)27-3)21(24)28-12-4-10-22-11-9-15-5-7-17(23)8-6-15/h5-8,13-14,22-23H,4,9-12H2,1-3H3. The molecule has 152 valence electrons. The summed E-state index contributed by atoms with van der Waals surface area (Å²) in [7, 11) is 4.50. The molecule has 0 bridgehead atoms. The van der Waals surface area contributed by atoms with Crippen molar-refractivity contribution in [2.75, 3.05) is 41.0 Å². The van der Waals surface area contributed by atoms with Crippen molar-refractivity contribution < 1.29 is 28.8 Å². The Bertz CT molecular complexity index is 735. The van der Waals surface area contributed by atoms with Crippen LogP contribution in [-0.2, 0) is 11.2 Å². The number of methoxy groups -OCH3 is 3. The van der Waals surface area contributed by atoms with Gasteiger partial charge in [0.2, 0.25) is 5.75 Å². The molecule has 2 aromatic carbocycles. The van der Waals surface area contributed by atoms with Gasteiger partial charge in [-0.1, -0.05) is 12.1 Å². The molecule has 0 aliphatic rings. The second kappa shape index (κ2) is 11.0. The van der Waals surface area contributed by atoms with E-state index in [1.54, 1.807) is 24.3 Å². The second-order valence-electron chi connectivity index (χ2n) is 6.07. The number of nitrogens with one attached hydrogen (secondary N) is 1. The third-order valence-electron chi connectivity index (χ3n) is 4.16. The molecule has 28 heavy (non-hydrogen) atoms. The number of esters is 1. The first-order valence-electron chi connectivity index (χ1n) is 9.04. The number of benzene rings is 2. The molecule has 7 heteroatoms. The van der Waals surface area contributed by atoms with Gasteiger partial charge >= 0.3 is 5.97 Å². The van der Waals surface area contributed by atoms with Gasteiger partial charge in [-0.15, -0.1) is 0 Å². The first-order chi connectivity index (χ1) is 13.6. The first-order valence-corrected chi connectivity index (χ1v) is 9.04. The summed E-state index contributed by atoms with van der Waals surface area (Å²) in [4.78, 5) is 12.3. The van der Waals surface area contributed by atoms with Crippen molar-refractivity contribution in [1.82, 2.24) is 5.32 Å². The third-order valence-corrected chi connectivity index (χ3v) is 4.16. The molecule has 0 fully saturated rings. The van der Waals surface area contributed by atoms with E-state index in [2.05, 4.69) is 5.32 Å². The molecule has 7 nitrogen and oxygen atoms in total. The van der Waals surface area contributed by atoms with Gasteiger partial charge < -0.3 is 29.4 Å². The van der Waals surface area contributed by atoms with Crippen molar-refractivity contribution in [2.24, 2.45) is 0 Å². The van der Waals surface area contributed by atoms with Crippen LogP contribution in [0.5, 0.6) is 23.0 Å². The summed E-state index contributed by atoms with van der Waals surface area (Å²) in [5.41, 5.74) is 1.49. The summed E-state index contributed by atoms with van der Waals surface area (Å²) in [6.07, 6.45) is 1.57. The largest absolute Gasteiger partial charge is 0.508 e. The minimum Gasteiger partial charge on any atom is -0.508 e. The van der Waals surface area contributed by atoms with E-state index in [0.717, 1.165) is 25.1 Å². The smallest absolute Gasteiger partial charge is 0.338 e. The van der Waals surface area contributed by atoms with Gasteiger partial charge in [0.05, 0.1) is 33.5 Å². The SMILES string of the molecule is COc1cc(C(=O)OCCCNCCc2ccc(O)cc2)cc(OC)c1OC. The summed E-state index contributed by atoms with van der Waals surface area (Å²) >= 11 is 0. The maximum atomic E-state index is 12.3. The number of hydrogen-bond donors (Lipinski definition) is 2. The van der Waals surface area contributed by atoms with Crippen molar-refractivity contribution in [2.45, 2.75) is 12.8 Å². The van der Waals surface area contributed by atoms with Crippen molar-refractivity contribution in [3.05, 3.63) is 47.5 Å². The van der Waals surface area contributed by atoms with E-state index >= 15 is 0 Å². The average Bonchev–Trinajstić information content (AvgIpc) is 2.72. The molecule has 0 amide bonds. The van der Waals surface area contributed by atoms with Crippen molar-refractivity contribution >= 4 is 5.97 Å². The van der Waals surface area contributed by atoms with Crippen LogP contribution in [0.2, 0.25) is 0 Å². The molecular formula is C21H27NO6. The normalized spacial score (nSPS) is 10.4. The molecule has 0 unspecified atom stereocenters. The molecule has 0 radical (unpaired) electrons. The lowest BCUT2D eigenvalue weighted by molar-refractivity contribution is 0.0500. The fraction of sp³-hybridized carbons (Fsp3) is 0.381.